The summed E-state index contributed by atoms with van der Waals surface area (Å²) in [6.45, 7) is 1.12. The van der Waals surface area contributed by atoms with E-state index >= 15 is 0 Å². The molecule has 2 N–H and O–H groups in total. The van der Waals surface area contributed by atoms with E-state index in [9.17, 15) is 0 Å². The molecule has 4 nitrogen and oxygen atoms in total. The summed E-state index contributed by atoms with van der Waals surface area (Å²) in [5.74, 6) is 0.724. The van der Waals surface area contributed by atoms with Crippen molar-refractivity contribution < 1.29 is 5.11 Å². The van der Waals surface area contributed by atoms with Crippen LogP contribution in [0.2, 0.25) is 5.28 Å². The first-order valence-corrected chi connectivity index (χ1v) is 6.44. The van der Waals surface area contributed by atoms with E-state index < -0.39 is 0 Å². The average Bonchev–Trinajstić information content (AvgIpc) is 2.28. The Labute approximate surface area is 109 Å². The van der Waals surface area contributed by atoms with Crippen molar-refractivity contribution in [2.45, 2.75) is 25.7 Å². The van der Waals surface area contributed by atoms with Crippen molar-refractivity contribution in [2.75, 3.05) is 18.5 Å². The molecule has 0 atom stereocenters. The summed E-state index contributed by atoms with van der Waals surface area (Å²) < 4.78 is 0.812. The quantitative estimate of drug-likeness (QED) is 0.601. The molecule has 0 aliphatic heterocycles. The van der Waals surface area contributed by atoms with Crippen LogP contribution in [0.4, 0.5) is 5.82 Å². The maximum atomic E-state index is 8.61. The van der Waals surface area contributed by atoms with Crippen LogP contribution in [-0.2, 0) is 0 Å². The largest absolute Gasteiger partial charge is 0.396 e. The number of nitrogens with zero attached hydrogens (tertiary/aromatic N) is 2. The fourth-order valence-corrected chi connectivity index (χ4v) is 1.73. The predicted molar refractivity (Wildman–Crippen MR) is 68.8 cm³/mol. The molecule has 0 saturated carbocycles. The van der Waals surface area contributed by atoms with Gasteiger partial charge in [0.25, 0.3) is 0 Å². The van der Waals surface area contributed by atoms with Crippen molar-refractivity contribution in [3.05, 3.63) is 16.0 Å². The van der Waals surface area contributed by atoms with Gasteiger partial charge in [0.2, 0.25) is 5.28 Å². The number of aromatic nitrogens is 2. The number of hydrogen-bond acceptors (Lipinski definition) is 4. The second-order valence-corrected chi connectivity index (χ2v) is 4.59. The van der Waals surface area contributed by atoms with E-state index in [-0.39, 0.29) is 11.9 Å². The van der Waals surface area contributed by atoms with Crippen molar-refractivity contribution in [1.82, 2.24) is 9.97 Å². The molecule has 1 rings (SSSR count). The molecule has 1 heterocycles. The zero-order valence-corrected chi connectivity index (χ0v) is 11.3. The van der Waals surface area contributed by atoms with E-state index in [0.717, 1.165) is 42.5 Å². The van der Waals surface area contributed by atoms with Crippen molar-refractivity contribution >= 4 is 33.3 Å². The predicted octanol–water partition coefficient (Wildman–Crippen LogP) is 2.86. The van der Waals surface area contributed by atoms with Gasteiger partial charge in [-0.15, -0.1) is 0 Å². The maximum Gasteiger partial charge on any atom is 0.224 e. The second-order valence-electron chi connectivity index (χ2n) is 3.40. The molecule has 16 heavy (non-hydrogen) atoms. The molecule has 0 bridgehead atoms. The summed E-state index contributed by atoms with van der Waals surface area (Å²) in [4.78, 5) is 7.91. The van der Waals surface area contributed by atoms with Crippen molar-refractivity contribution in [1.29, 1.82) is 0 Å². The zero-order valence-electron chi connectivity index (χ0n) is 8.92. The monoisotopic (exact) mass is 307 g/mol. The minimum absolute atomic E-state index is 0.242. The molecule has 1 aromatic rings. The molecule has 0 aromatic carbocycles. The van der Waals surface area contributed by atoms with Crippen molar-refractivity contribution in [3.8, 4) is 0 Å². The number of hydrogen-bond donors (Lipinski definition) is 2. The lowest BCUT2D eigenvalue weighted by Gasteiger charge is -2.06. The summed E-state index contributed by atoms with van der Waals surface area (Å²) in [5, 5.41) is 12.0. The van der Waals surface area contributed by atoms with Gasteiger partial charge in [0.15, 0.2) is 0 Å². The lowest BCUT2D eigenvalue weighted by atomic mass is 10.2. The molecule has 90 valence electrons. The molecule has 6 heteroatoms. The number of rotatable bonds is 7. The third-order valence-electron chi connectivity index (χ3n) is 2.09. The first-order chi connectivity index (χ1) is 7.74. The molecule has 0 aliphatic carbocycles. The molecule has 1 aromatic heterocycles. The minimum Gasteiger partial charge on any atom is -0.396 e. The van der Waals surface area contributed by atoms with Gasteiger partial charge in [-0.25, -0.2) is 4.98 Å². The summed E-state index contributed by atoms with van der Waals surface area (Å²) in [6.07, 6.45) is 5.72. The molecule has 0 aliphatic rings. The van der Waals surface area contributed by atoms with Crippen molar-refractivity contribution in [2.24, 2.45) is 0 Å². The standard InChI is InChI=1S/C10H15BrClN3O/c11-8-7-14-10(12)15-9(8)13-5-3-1-2-4-6-16/h7,16H,1-6H2,(H,13,14,15). The third-order valence-corrected chi connectivity index (χ3v) is 2.85. The Morgan fingerprint density at radius 3 is 2.81 bits per heavy atom. The number of halogens is 2. The highest BCUT2D eigenvalue weighted by atomic mass is 79.9. The van der Waals surface area contributed by atoms with Crippen LogP contribution in [0.3, 0.4) is 0 Å². The number of anilines is 1. The van der Waals surface area contributed by atoms with Gasteiger partial charge in [-0.05, 0) is 40.4 Å². The van der Waals surface area contributed by atoms with Crippen LogP contribution < -0.4 is 5.32 Å². The normalized spacial score (nSPS) is 10.4. The smallest absolute Gasteiger partial charge is 0.224 e. The molecule has 0 fully saturated rings. The van der Waals surface area contributed by atoms with Gasteiger partial charge < -0.3 is 10.4 Å². The van der Waals surface area contributed by atoms with E-state index in [1.165, 1.54) is 0 Å². The molecule has 0 amide bonds. The van der Waals surface area contributed by atoms with Gasteiger partial charge >= 0.3 is 0 Å². The molecule has 0 saturated heterocycles. The third kappa shape index (κ3) is 5.09. The minimum atomic E-state index is 0.242. The molecule has 0 radical (unpaired) electrons. The first-order valence-electron chi connectivity index (χ1n) is 5.27. The summed E-state index contributed by atoms with van der Waals surface area (Å²) in [5.41, 5.74) is 0. The van der Waals surface area contributed by atoms with Crippen LogP contribution >= 0.6 is 27.5 Å². The Hall–Kier alpha value is -0.390. The van der Waals surface area contributed by atoms with Gasteiger partial charge in [-0.3, -0.25) is 0 Å². The molecule has 0 unspecified atom stereocenters. The van der Waals surface area contributed by atoms with E-state index in [0.29, 0.717) is 0 Å². The van der Waals surface area contributed by atoms with Crippen LogP contribution in [0.15, 0.2) is 10.7 Å². The number of aliphatic hydroxyl groups is 1. The fraction of sp³-hybridized carbons (Fsp3) is 0.600. The molecular weight excluding hydrogens is 293 g/mol. The van der Waals surface area contributed by atoms with E-state index in [2.05, 4.69) is 31.2 Å². The Morgan fingerprint density at radius 2 is 2.06 bits per heavy atom. The lowest BCUT2D eigenvalue weighted by Crippen LogP contribution is -2.04. The van der Waals surface area contributed by atoms with Gasteiger partial charge in [-0.1, -0.05) is 12.8 Å². The highest BCUT2D eigenvalue weighted by Gasteiger charge is 2.02. The van der Waals surface area contributed by atoms with E-state index in [4.69, 9.17) is 16.7 Å². The highest BCUT2D eigenvalue weighted by molar-refractivity contribution is 9.10. The summed E-state index contributed by atoms with van der Waals surface area (Å²) in [6, 6.07) is 0. The number of nitrogens with one attached hydrogen (secondary N) is 1. The highest BCUT2D eigenvalue weighted by Crippen LogP contribution is 2.19. The van der Waals surface area contributed by atoms with E-state index in [1.54, 1.807) is 6.20 Å². The van der Waals surface area contributed by atoms with Gasteiger partial charge in [-0.2, -0.15) is 4.98 Å². The number of unbranched alkanes of at least 4 members (excludes halogenated alkanes) is 3. The first kappa shape index (κ1) is 13.7. The lowest BCUT2D eigenvalue weighted by molar-refractivity contribution is 0.283. The average molecular weight is 309 g/mol. The number of aliphatic hydroxyl groups excluding tert-OH is 1. The second kappa shape index (κ2) is 7.81. The Bertz CT molecular complexity index is 325. The Morgan fingerprint density at radius 1 is 1.31 bits per heavy atom. The summed E-state index contributed by atoms with van der Waals surface area (Å²) >= 11 is 9.03. The van der Waals surface area contributed by atoms with Crippen LogP contribution in [0.5, 0.6) is 0 Å². The SMILES string of the molecule is OCCCCCCNc1nc(Cl)ncc1Br. The van der Waals surface area contributed by atoms with Gasteiger partial charge in [0.05, 0.1) is 4.47 Å². The topological polar surface area (TPSA) is 58.0 Å². The van der Waals surface area contributed by atoms with Gasteiger partial charge in [0.1, 0.15) is 5.82 Å². The van der Waals surface area contributed by atoms with E-state index in [1.807, 2.05) is 0 Å². The van der Waals surface area contributed by atoms with Crippen LogP contribution in [-0.4, -0.2) is 28.2 Å². The van der Waals surface area contributed by atoms with Crippen LogP contribution in [0, 0.1) is 0 Å². The van der Waals surface area contributed by atoms with Crippen LogP contribution in [0.1, 0.15) is 25.7 Å². The Kier molecular flexibility index (Phi) is 6.68. The van der Waals surface area contributed by atoms with Crippen LogP contribution in [0.25, 0.3) is 0 Å². The van der Waals surface area contributed by atoms with Crippen molar-refractivity contribution in [3.63, 3.8) is 0 Å². The summed E-state index contributed by atoms with van der Waals surface area (Å²) in [7, 11) is 0. The zero-order chi connectivity index (χ0) is 11.8. The Balaban J connectivity index is 2.23. The molecule has 0 spiro atoms. The maximum absolute atomic E-state index is 8.61. The van der Waals surface area contributed by atoms with Gasteiger partial charge in [0, 0.05) is 19.3 Å². The fourth-order valence-electron chi connectivity index (χ4n) is 1.27. The molecular formula is C10H15BrClN3O.